The quantitative estimate of drug-likeness (QED) is 0.806. The summed E-state index contributed by atoms with van der Waals surface area (Å²) in [5, 5.41) is 10.4. The first-order chi connectivity index (χ1) is 11.4. The van der Waals surface area contributed by atoms with Crippen molar-refractivity contribution in [3.05, 3.63) is 35.9 Å². The van der Waals surface area contributed by atoms with Crippen LogP contribution < -0.4 is 0 Å². The van der Waals surface area contributed by atoms with Gasteiger partial charge in [-0.05, 0) is 12.5 Å². The van der Waals surface area contributed by atoms with Gasteiger partial charge in [-0.25, -0.2) is 0 Å². The maximum atomic E-state index is 11.4. The summed E-state index contributed by atoms with van der Waals surface area (Å²) in [6.45, 7) is 4.29. The van der Waals surface area contributed by atoms with E-state index < -0.39 is 42.6 Å². The van der Waals surface area contributed by atoms with Gasteiger partial charge < -0.3 is 24.1 Å². The summed E-state index contributed by atoms with van der Waals surface area (Å²) in [4.78, 5) is 22.7. The molecule has 1 fully saturated rings. The molecule has 0 bridgehead atoms. The van der Waals surface area contributed by atoms with E-state index in [1.807, 2.05) is 30.3 Å². The van der Waals surface area contributed by atoms with Gasteiger partial charge in [0.25, 0.3) is 0 Å². The number of hydrogen-bond donors (Lipinski definition) is 1. The molecule has 7 nitrogen and oxygen atoms in total. The fraction of sp³-hybridized carbons (Fsp3) is 0.529. The number of aliphatic hydroxyl groups is 1. The van der Waals surface area contributed by atoms with Crippen molar-refractivity contribution in [2.45, 2.75) is 58.1 Å². The zero-order chi connectivity index (χ0) is 17.7. The lowest BCUT2D eigenvalue weighted by atomic mass is 9.99. The first-order valence-corrected chi connectivity index (χ1v) is 7.72. The molecule has 0 amide bonds. The molecular weight excluding hydrogens is 316 g/mol. The first-order valence-electron chi connectivity index (χ1n) is 7.72. The molecule has 1 heterocycles. The van der Waals surface area contributed by atoms with E-state index in [1.54, 1.807) is 6.92 Å². The second kappa shape index (κ2) is 8.23. The molecule has 1 aliphatic rings. The van der Waals surface area contributed by atoms with Crippen LogP contribution in [0.15, 0.2) is 30.3 Å². The van der Waals surface area contributed by atoms with E-state index >= 15 is 0 Å². The Balaban J connectivity index is 2.16. The van der Waals surface area contributed by atoms with Crippen LogP contribution in [0, 0.1) is 0 Å². The Bertz CT molecular complexity index is 559. The molecule has 1 N–H and O–H groups in total. The minimum absolute atomic E-state index is 0.208. The van der Waals surface area contributed by atoms with Gasteiger partial charge in [0.15, 0.2) is 6.10 Å². The summed E-state index contributed by atoms with van der Waals surface area (Å²) in [5.74, 6) is -1.17. The van der Waals surface area contributed by atoms with Gasteiger partial charge in [0, 0.05) is 13.8 Å². The van der Waals surface area contributed by atoms with Gasteiger partial charge in [-0.3, -0.25) is 9.59 Å². The Hall–Kier alpha value is -1.96. The van der Waals surface area contributed by atoms with Crippen LogP contribution in [0.2, 0.25) is 0 Å². The molecule has 1 saturated heterocycles. The van der Waals surface area contributed by atoms with Crippen molar-refractivity contribution in [2.24, 2.45) is 0 Å². The summed E-state index contributed by atoms with van der Waals surface area (Å²) in [6, 6.07) is 9.37. The lowest BCUT2D eigenvalue weighted by molar-refractivity contribution is -0.296. The molecule has 0 spiro atoms. The molecule has 1 aromatic rings. The van der Waals surface area contributed by atoms with E-state index in [4.69, 9.17) is 18.9 Å². The minimum atomic E-state index is -1.13. The van der Waals surface area contributed by atoms with Gasteiger partial charge in [-0.2, -0.15) is 0 Å². The number of benzene rings is 1. The van der Waals surface area contributed by atoms with Gasteiger partial charge >= 0.3 is 11.9 Å². The van der Waals surface area contributed by atoms with Crippen LogP contribution in [0.3, 0.4) is 0 Å². The van der Waals surface area contributed by atoms with Gasteiger partial charge in [-0.15, -0.1) is 0 Å². The first kappa shape index (κ1) is 18.4. The Morgan fingerprint density at radius 3 is 2.29 bits per heavy atom. The fourth-order valence-corrected chi connectivity index (χ4v) is 2.52. The number of rotatable bonds is 5. The molecule has 0 unspecified atom stereocenters. The highest BCUT2D eigenvalue weighted by atomic mass is 16.7. The molecule has 2 rings (SSSR count). The third-order valence-corrected chi connectivity index (χ3v) is 3.63. The molecule has 0 saturated carbocycles. The van der Waals surface area contributed by atoms with Gasteiger partial charge in [0.1, 0.15) is 12.2 Å². The van der Waals surface area contributed by atoms with Crippen LogP contribution in [0.5, 0.6) is 0 Å². The lowest BCUT2D eigenvalue weighted by Gasteiger charge is -2.42. The molecule has 0 aromatic heterocycles. The molecule has 7 heteroatoms. The zero-order valence-electron chi connectivity index (χ0n) is 13.9. The lowest BCUT2D eigenvalue weighted by Crippen LogP contribution is -2.59. The monoisotopic (exact) mass is 338 g/mol. The second-order valence-electron chi connectivity index (χ2n) is 5.64. The molecule has 132 valence electrons. The van der Waals surface area contributed by atoms with Crippen molar-refractivity contribution in [2.75, 3.05) is 0 Å². The standard InChI is InChI=1S/C17H22O7/c1-10-14(20)15(21-9-13-7-5-4-6-8-13)16(23-11(2)18)17(22-10)24-12(3)19/h4-8,10,14-17,20H,9H2,1-3H3/t10-,14-,15+,16+,17-/m0/s1. The van der Waals surface area contributed by atoms with E-state index in [1.165, 1.54) is 13.8 Å². The third kappa shape index (κ3) is 4.77. The van der Waals surface area contributed by atoms with Crippen LogP contribution in [0.1, 0.15) is 26.3 Å². The Morgan fingerprint density at radius 2 is 1.71 bits per heavy atom. The maximum Gasteiger partial charge on any atom is 0.305 e. The van der Waals surface area contributed by atoms with Crippen molar-refractivity contribution >= 4 is 11.9 Å². The zero-order valence-corrected chi connectivity index (χ0v) is 13.9. The van der Waals surface area contributed by atoms with Crippen LogP contribution in [-0.2, 0) is 35.1 Å². The summed E-state index contributed by atoms with van der Waals surface area (Å²) >= 11 is 0. The highest BCUT2D eigenvalue weighted by molar-refractivity contribution is 5.67. The SMILES string of the molecule is CC(=O)O[C@@H]1O[C@@H](C)[C@H](O)[C@@H](OCc2ccccc2)[C@H]1OC(C)=O. The summed E-state index contributed by atoms with van der Waals surface area (Å²) in [7, 11) is 0. The number of hydrogen-bond acceptors (Lipinski definition) is 7. The number of esters is 2. The van der Waals surface area contributed by atoms with E-state index in [-0.39, 0.29) is 6.61 Å². The molecule has 5 atom stereocenters. The third-order valence-electron chi connectivity index (χ3n) is 3.63. The van der Waals surface area contributed by atoms with E-state index in [2.05, 4.69) is 0 Å². The van der Waals surface area contributed by atoms with Crippen molar-refractivity contribution in [3.8, 4) is 0 Å². The fourth-order valence-electron chi connectivity index (χ4n) is 2.52. The van der Waals surface area contributed by atoms with E-state index in [0.717, 1.165) is 5.56 Å². The largest absolute Gasteiger partial charge is 0.453 e. The van der Waals surface area contributed by atoms with Crippen molar-refractivity contribution in [1.82, 2.24) is 0 Å². The van der Waals surface area contributed by atoms with Crippen molar-refractivity contribution < 1.29 is 33.6 Å². The summed E-state index contributed by atoms with van der Waals surface area (Å²) in [5.41, 5.74) is 0.898. The van der Waals surface area contributed by atoms with Gasteiger partial charge in [0.2, 0.25) is 6.29 Å². The highest BCUT2D eigenvalue weighted by Crippen LogP contribution is 2.27. The predicted octanol–water partition coefficient (Wildman–Crippen LogP) is 1.17. The molecule has 1 aliphatic heterocycles. The summed E-state index contributed by atoms with van der Waals surface area (Å²) in [6.07, 6.45) is -4.76. The topological polar surface area (TPSA) is 91.3 Å². The number of carbonyl (C=O) groups is 2. The predicted molar refractivity (Wildman–Crippen MR) is 82.7 cm³/mol. The smallest absolute Gasteiger partial charge is 0.305 e. The molecule has 24 heavy (non-hydrogen) atoms. The molecule has 0 aliphatic carbocycles. The van der Waals surface area contributed by atoms with Crippen molar-refractivity contribution in [1.29, 1.82) is 0 Å². The maximum absolute atomic E-state index is 11.4. The summed E-state index contributed by atoms with van der Waals surface area (Å²) < 4.78 is 21.5. The average Bonchev–Trinajstić information content (AvgIpc) is 2.52. The highest BCUT2D eigenvalue weighted by Gasteiger charge is 2.48. The van der Waals surface area contributed by atoms with Crippen LogP contribution >= 0.6 is 0 Å². The minimum Gasteiger partial charge on any atom is -0.453 e. The van der Waals surface area contributed by atoms with Gasteiger partial charge in [-0.1, -0.05) is 30.3 Å². The molecule has 1 aromatic carbocycles. The van der Waals surface area contributed by atoms with Gasteiger partial charge in [0.05, 0.1) is 12.7 Å². The number of ether oxygens (including phenoxy) is 4. The normalized spacial score (nSPS) is 29.8. The average molecular weight is 338 g/mol. The Kier molecular flexibility index (Phi) is 6.30. The molecule has 0 radical (unpaired) electrons. The Labute approximate surface area is 140 Å². The van der Waals surface area contributed by atoms with Crippen molar-refractivity contribution in [3.63, 3.8) is 0 Å². The number of carbonyl (C=O) groups excluding carboxylic acids is 2. The van der Waals surface area contributed by atoms with Crippen LogP contribution in [0.4, 0.5) is 0 Å². The van der Waals surface area contributed by atoms with E-state index in [9.17, 15) is 14.7 Å². The van der Waals surface area contributed by atoms with E-state index in [0.29, 0.717) is 0 Å². The number of aliphatic hydroxyl groups excluding tert-OH is 1. The molecular formula is C17H22O7. The second-order valence-corrected chi connectivity index (χ2v) is 5.64. The Morgan fingerprint density at radius 1 is 1.08 bits per heavy atom. The van der Waals surface area contributed by atoms with Crippen LogP contribution in [0.25, 0.3) is 0 Å². The van der Waals surface area contributed by atoms with Crippen LogP contribution in [-0.4, -0.2) is 47.8 Å².